The molecular weight excluding hydrogens is 688 g/mol. The van der Waals surface area contributed by atoms with Crippen LogP contribution < -0.4 is 5.73 Å². The van der Waals surface area contributed by atoms with E-state index in [0.29, 0.717) is 50.4 Å². The van der Waals surface area contributed by atoms with E-state index in [-0.39, 0.29) is 27.9 Å². The molecule has 11 heteroatoms. The van der Waals surface area contributed by atoms with Gasteiger partial charge in [0.25, 0.3) is 0 Å². The highest BCUT2D eigenvalue weighted by molar-refractivity contribution is 5.96. The van der Waals surface area contributed by atoms with E-state index in [4.69, 9.17) is 15.7 Å². The molecule has 8 bridgehead atoms. The van der Waals surface area contributed by atoms with Gasteiger partial charge in [0.15, 0.2) is 0 Å². The average Bonchev–Trinajstić information content (AvgIpc) is 3.96. The van der Waals surface area contributed by atoms with E-state index in [1.807, 2.05) is 18.2 Å². The van der Waals surface area contributed by atoms with Gasteiger partial charge in [-0.05, 0) is 95.6 Å². The smallest absolute Gasteiger partial charge is 0.399 e. The van der Waals surface area contributed by atoms with E-state index in [1.165, 1.54) is 24.3 Å². The number of hydrogen-bond donors (Lipinski definition) is 3. The number of nitrogen functional groups attached to an aromatic ring is 1. The maximum atomic E-state index is 14.4. The van der Waals surface area contributed by atoms with Crippen LogP contribution in [0.3, 0.4) is 0 Å². The van der Waals surface area contributed by atoms with Crippen molar-refractivity contribution in [3.63, 3.8) is 0 Å². The van der Waals surface area contributed by atoms with Crippen LogP contribution >= 0.6 is 0 Å². The van der Waals surface area contributed by atoms with Crippen molar-refractivity contribution in [3.8, 4) is 22.3 Å². The Morgan fingerprint density at radius 2 is 1.08 bits per heavy atom. The number of nitrogens with zero attached hydrogens (tertiary/aromatic N) is 2. The summed E-state index contributed by atoms with van der Waals surface area (Å²) in [6, 6.07) is 26.3. The molecule has 262 valence electrons. The number of benzene rings is 3. The van der Waals surface area contributed by atoms with Gasteiger partial charge >= 0.3 is 12.4 Å². The molecule has 0 atom stereocenters. The number of nitrogens with one attached hydrogen (secondary N) is 2. The molecule has 0 saturated heterocycles. The number of aromatic nitrogens is 4. The minimum atomic E-state index is -4.65. The number of anilines is 1. The Morgan fingerprint density at radius 1 is 0.528 bits per heavy atom. The summed E-state index contributed by atoms with van der Waals surface area (Å²) in [4.78, 5) is 16.2. The molecule has 0 fully saturated rings. The lowest BCUT2D eigenvalue weighted by atomic mass is 9.98. The highest BCUT2D eigenvalue weighted by atomic mass is 19.4. The lowest BCUT2D eigenvalue weighted by Crippen LogP contribution is -2.07. The Hall–Kier alpha value is -6.62. The van der Waals surface area contributed by atoms with Crippen LogP contribution in [0.25, 0.3) is 80.8 Å². The first kappa shape index (κ1) is 33.5. The molecule has 0 amide bonds. The fraction of sp³-hybridized carbons (Fsp3) is 0.0476. The normalized spacial score (nSPS) is 12.9. The maximum absolute atomic E-state index is 14.4. The van der Waals surface area contributed by atoms with E-state index < -0.39 is 23.5 Å². The molecule has 6 aromatic rings. The zero-order valence-corrected chi connectivity index (χ0v) is 27.5. The van der Waals surface area contributed by atoms with E-state index in [9.17, 15) is 26.3 Å². The molecule has 0 spiro atoms. The van der Waals surface area contributed by atoms with Crippen LogP contribution in [0.5, 0.6) is 0 Å². The minimum absolute atomic E-state index is 0.0587. The lowest BCUT2D eigenvalue weighted by molar-refractivity contribution is -0.137. The van der Waals surface area contributed by atoms with Gasteiger partial charge in [-0.15, -0.1) is 0 Å². The van der Waals surface area contributed by atoms with Gasteiger partial charge in [0.05, 0.1) is 33.9 Å². The first-order valence-corrected chi connectivity index (χ1v) is 16.4. The van der Waals surface area contributed by atoms with Crippen molar-refractivity contribution in [2.75, 3.05) is 5.73 Å². The van der Waals surface area contributed by atoms with Crippen molar-refractivity contribution in [3.05, 3.63) is 148 Å². The first-order valence-electron chi connectivity index (χ1n) is 16.4. The topological polar surface area (TPSA) is 83.4 Å². The van der Waals surface area contributed by atoms with Gasteiger partial charge in [-0.25, -0.2) is 9.97 Å². The predicted molar refractivity (Wildman–Crippen MR) is 200 cm³/mol. The zero-order valence-electron chi connectivity index (χ0n) is 27.5. The Bertz CT molecular complexity index is 2600. The van der Waals surface area contributed by atoms with Crippen molar-refractivity contribution in [2.24, 2.45) is 0 Å². The van der Waals surface area contributed by atoms with Crippen molar-refractivity contribution in [2.45, 2.75) is 12.4 Å². The molecule has 4 N–H and O–H groups in total. The molecule has 53 heavy (non-hydrogen) atoms. The summed E-state index contributed by atoms with van der Waals surface area (Å²) >= 11 is 0. The van der Waals surface area contributed by atoms with Gasteiger partial charge in [-0.1, -0.05) is 60.7 Å². The van der Waals surface area contributed by atoms with Gasteiger partial charge in [-0.3, -0.25) is 0 Å². The molecule has 0 radical (unpaired) electrons. The van der Waals surface area contributed by atoms with Crippen LogP contribution in [0, 0.1) is 0 Å². The van der Waals surface area contributed by atoms with Crippen LogP contribution in [0.2, 0.25) is 0 Å². The second-order valence-electron chi connectivity index (χ2n) is 12.5. The summed E-state index contributed by atoms with van der Waals surface area (Å²) in [5, 5.41) is 0. The molecule has 8 rings (SSSR count). The molecule has 0 unspecified atom stereocenters. The Kier molecular flexibility index (Phi) is 8.13. The average molecular weight is 716 g/mol. The van der Waals surface area contributed by atoms with E-state index in [0.717, 1.165) is 17.7 Å². The monoisotopic (exact) mass is 715 g/mol. The molecule has 3 aromatic carbocycles. The second kappa shape index (κ2) is 12.9. The number of alkyl halides is 6. The molecule has 0 saturated carbocycles. The third-order valence-electron chi connectivity index (χ3n) is 9.00. The van der Waals surface area contributed by atoms with Crippen molar-refractivity contribution in [1.82, 2.24) is 19.9 Å². The summed E-state index contributed by atoms with van der Waals surface area (Å²) in [6.45, 7) is 0. The molecule has 0 aliphatic carbocycles. The van der Waals surface area contributed by atoms with E-state index >= 15 is 0 Å². The van der Waals surface area contributed by atoms with Gasteiger partial charge in [0, 0.05) is 44.4 Å². The minimum Gasteiger partial charge on any atom is -0.399 e. The Labute approximate surface area is 298 Å². The van der Waals surface area contributed by atoms with Crippen molar-refractivity contribution < 1.29 is 26.3 Å². The van der Waals surface area contributed by atoms with E-state index in [1.54, 1.807) is 85.0 Å². The van der Waals surface area contributed by atoms with Gasteiger partial charge in [0.2, 0.25) is 0 Å². The molecule has 3 aromatic heterocycles. The first-order chi connectivity index (χ1) is 25.4. The second-order valence-corrected chi connectivity index (χ2v) is 12.5. The fourth-order valence-corrected chi connectivity index (χ4v) is 6.59. The Balaban J connectivity index is 1.50. The quantitative estimate of drug-likeness (QED) is 0.125. The Morgan fingerprint density at radius 3 is 1.74 bits per heavy atom. The summed E-state index contributed by atoms with van der Waals surface area (Å²) < 4.78 is 86.7. The van der Waals surface area contributed by atoms with Crippen LogP contribution in [0.4, 0.5) is 32.0 Å². The van der Waals surface area contributed by atoms with Crippen LogP contribution in [-0.4, -0.2) is 19.9 Å². The molecule has 2 aliphatic rings. The van der Waals surface area contributed by atoms with Crippen LogP contribution in [-0.2, 0) is 12.4 Å². The number of halogens is 6. The van der Waals surface area contributed by atoms with E-state index in [2.05, 4.69) is 9.97 Å². The highest BCUT2D eigenvalue weighted by Gasteiger charge is 2.35. The molecule has 2 aliphatic heterocycles. The number of H-pyrrole nitrogens is 2. The highest BCUT2D eigenvalue weighted by Crippen LogP contribution is 2.42. The number of rotatable bonds is 4. The molecule has 5 nitrogen and oxygen atoms in total. The van der Waals surface area contributed by atoms with Gasteiger partial charge < -0.3 is 15.7 Å². The van der Waals surface area contributed by atoms with Crippen LogP contribution in [0.15, 0.2) is 103 Å². The van der Waals surface area contributed by atoms with Gasteiger partial charge in [0.1, 0.15) is 0 Å². The number of fused-ring (bicyclic) bond motifs is 8. The molecular formula is C42H27F6N5. The maximum Gasteiger partial charge on any atom is 0.417 e. The largest absolute Gasteiger partial charge is 0.417 e. The third kappa shape index (κ3) is 6.53. The third-order valence-corrected chi connectivity index (χ3v) is 9.00. The fourth-order valence-electron chi connectivity index (χ4n) is 6.59. The zero-order chi connectivity index (χ0) is 36.9. The van der Waals surface area contributed by atoms with Gasteiger partial charge in [-0.2, -0.15) is 26.3 Å². The number of hydrogen-bond acceptors (Lipinski definition) is 3. The standard InChI is InChI=1S/C42H27F6N5/c43-41(44,45)31-7-3-1-5-28(31)39-35-17-14-26(50-35)23-27-15-18-36(51-27)40(29-6-2-4-8-32(29)42(46,47)48)38-22-20-34(53-38)30(33-19-21-37(39)52-33)16-11-24-9-12-25(49)13-10-24/h1-23,50,53H,49H2/b16-11+,26-23?,27-23?,33-30?,34-30?,39-35?,39-37?,40-36?,40-38?. The summed E-state index contributed by atoms with van der Waals surface area (Å²) in [7, 11) is 0. The van der Waals surface area contributed by atoms with Crippen LogP contribution in [0.1, 0.15) is 45.0 Å². The van der Waals surface area contributed by atoms with Crippen molar-refractivity contribution in [1.29, 1.82) is 0 Å². The summed E-state index contributed by atoms with van der Waals surface area (Å²) in [5.41, 5.74) is 9.71. The van der Waals surface area contributed by atoms with Crippen molar-refractivity contribution >= 4 is 64.2 Å². The number of aromatic amines is 2. The summed E-state index contributed by atoms with van der Waals surface area (Å²) in [5.74, 6) is 0. The number of nitrogens with two attached hydrogens (primary N) is 1. The molecule has 5 heterocycles. The lowest BCUT2D eigenvalue weighted by Gasteiger charge is -2.13. The predicted octanol–water partition coefficient (Wildman–Crippen LogP) is 11.8. The summed E-state index contributed by atoms with van der Waals surface area (Å²) in [6.07, 6.45) is 1.00. The SMILES string of the molecule is Nc1ccc(/C=C/c2c3nc(c(-c4ccccc4C(F)(F)F)c4ccc(cc5nc(c(-c6ccccc6C(F)(F)F)c6ccc2[nH]6)C=C5)[nH]4)C=C3)cc1.